The van der Waals surface area contributed by atoms with Gasteiger partial charge in [0.25, 0.3) is 5.69 Å². The van der Waals surface area contributed by atoms with Crippen LogP contribution in [0.4, 0.5) is 15.8 Å². The van der Waals surface area contributed by atoms with Gasteiger partial charge in [0.1, 0.15) is 11.5 Å². The lowest BCUT2D eigenvalue weighted by Crippen LogP contribution is -2.40. The Morgan fingerprint density at radius 1 is 1.45 bits per heavy atom. The number of carbonyl (C=O) groups is 1. The van der Waals surface area contributed by atoms with Gasteiger partial charge < -0.3 is 15.7 Å². The predicted octanol–water partition coefficient (Wildman–Crippen LogP) is 1.36. The Morgan fingerprint density at radius 2 is 2.05 bits per heavy atom. The summed E-state index contributed by atoms with van der Waals surface area (Å²) >= 11 is 0. The number of piperidine rings is 1. The van der Waals surface area contributed by atoms with E-state index < -0.39 is 28.0 Å². The number of nitro groups is 1. The van der Waals surface area contributed by atoms with E-state index >= 15 is 0 Å². The van der Waals surface area contributed by atoms with Gasteiger partial charge >= 0.3 is 5.97 Å². The summed E-state index contributed by atoms with van der Waals surface area (Å²) in [6.07, 6.45) is 1.30. The minimum Gasteiger partial charge on any atom is -0.478 e. The lowest BCUT2D eigenvalue weighted by atomic mass is 10.0. The Kier molecular flexibility index (Phi) is 3.84. The van der Waals surface area contributed by atoms with Crippen LogP contribution in [0.2, 0.25) is 0 Å². The molecular formula is C12H14FN3O4. The molecule has 0 aliphatic carbocycles. The molecule has 1 fully saturated rings. The number of nitro benzene ring substituents is 1. The largest absolute Gasteiger partial charge is 0.478 e. The van der Waals surface area contributed by atoms with Crippen molar-refractivity contribution in [2.45, 2.75) is 18.9 Å². The van der Waals surface area contributed by atoms with Gasteiger partial charge in [-0.2, -0.15) is 0 Å². The van der Waals surface area contributed by atoms with Crippen molar-refractivity contribution >= 4 is 17.3 Å². The SMILES string of the molecule is NC1CCN(c2cc(C(=O)O)c(F)cc2[N+](=O)[O-])CC1. The molecule has 1 aromatic carbocycles. The van der Waals surface area contributed by atoms with Gasteiger partial charge in [-0.05, 0) is 18.9 Å². The van der Waals surface area contributed by atoms with Crippen LogP contribution >= 0.6 is 0 Å². The Hall–Kier alpha value is -2.22. The predicted molar refractivity (Wildman–Crippen MR) is 69.4 cm³/mol. The fraction of sp³-hybridized carbons (Fsp3) is 0.417. The lowest BCUT2D eigenvalue weighted by molar-refractivity contribution is -0.384. The van der Waals surface area contributed by atoms with E-state index in [-0.39, 0.29) is 11.7 Å². The minimum atomic E-state index is -1.45. The van der Waals surface area contributed by atoms with E-state index in [1.54, 1.807) is 4.90 Å². The molecule has 8 heteroatoms. The number of rotatable bonds is 3. The minimum absolute atomic E-state index is 0.0321. The van der Waals surface area contributed by atoms with Crippen molar-refractivity contribution in [2.75, 3.05) is 18.0 Å². The van der Waals surface area contributed by atoms with Crippen molar-refractivity contribution in [1.82, 2.24) is 0 Å². The highest BCUT2D eigenvalue weighted by Crippen LogP contribution is 2.32. The smallest absolute Gasteiger partial charge is 0.338 e. The van der Waals surface area contributed by atoms with Gasteiger partial charge in [0, 0.05) is 19.1 Å². The molecule has 7 nitrogen and oxygen atoms in total. The van der Waals surface area contributed by atoms with Crippen LogP contribution in [0.5, 0.6) is 0 Å². The lowest BCUT2D eigenvalue weighted by Gasteiger charge is -2.31. The third kappa shape index (κ3) is 2.69. The van der Waals surface area contributed by atoms with Crippen molar-refractivity contribution in [3.8, 4) is 0 Å². The van der Waals surface area contributed by atoms with Gasteiger partial charge in [0.05, 0.1) is 16.6 Å². The average Bonchev–Trinajstić information content (AvgIpc) is 2.39. The fourth-order valence-corrected chi connectivity index (χ4v) is 2.26. The van der Waals surface area contributed by atoms with Crippen LogP contribution < -0.4 is 10.6 Å². The second-order valence-corrected chi connectivity index (χ2v) is 4.71. The van der Waals surface area contributed by atoms with Crippen molar-refractivity contribution in [3.63, 3.8) is 0 Å². The number of anilines is 1. The molecular weight excluding hydrogens is 269 g/mol. The second kappa shape index (κ2) is 5.41. The quantitative estimate of drug-likeness (QED) is 0.640. The number of hydrogen-bond donors (Lipinski definition) is 2. The summed E-state index contributed by atoms with van der Waals surface area (Å²) in [6, 6.07) is 1.71. The van der Waals surface area contributed by atoms with Crippen LogP contribution in [0.25, 0.3) is 0 Å². The van der Waals surface area contributed by atoms with Crippen LogP contribution in [0.3, 0.4) is 0 Å². The molecule has 1 heterocycles. The Labute approximate surface area is 113 Å². The summed E-state index contributed by atoms with van der Waals surface area (Å²) in [7, 11) is 0. The number of nitrogens with two attached hydrogens (primary N) is 1. The monoisotopic (exact) mass is 283 g/mol. The Balaban J connectivity index is 2.46. The molecule has 0 radical (unpaired) electrons. The Morgan fingerprint density at radius 3 is 2.55 bits per heavy atom. The number of carboxylic acid groups (broad SMARTS) is 1. The first-order valence-corrected chi connectivity index (χ1v) is 6.12. The molecule has 0 atom stereocenters. The molecule has 0 bridgehead atoms. The highest BCUT2D eigenvalue weighted by atomic mass is 19.1. The van der Waals surface area contributed by atoms with Crippen molar-refractivity contribution in [3.05, 3.63) is 33.6 Å². The number of aromatic carboxylic acids is 1. The van der Waals surface area contributed by atoms with Gasteiger partial charge in [-0.25, -0.2) is 9.18 Å². The zero-order chi connectivity index (χ0) is 14.9. The van der Waals surface area contributed by atoms with Crippen LogP contribution in [0, 0.1) is 15.9 Å². The third-order valence-corrected chi connectivity index (χ3v) is 3.37. The number of halogens is 1. The molecule has 2 rings (SSSR count). The molecule has 20 heavy (non-hydrogen) atoms. The molecule has 1 aromatic rings. The molecule has 0 amide bonds. The molecule has 0 aromatic heterocycles. The fourth-order valence-electron chi connectivity index (χ4n) is 2.26. The maximum atomic E-state index is 13.5. The van der Waals surface area contributed by atoms with E-state index in [0.29, 0.717) is 32.0 Å². The molecule has 1 saturated heterocycles. The van der Waals surface area contributed by atoms with Crippen LogP contribution in [0.15, 0.2) is 12.1 Å². The second-order valence-electron chi connectivity index (χ2n) is 4.71. The first kappa shape index (κ1) is 14.2. The summed E-state index contributed by atoms with van der Waals surface area (Å²) < 4.78 is 13.5. The maximum Gasteiger partial charge on any atom is 0.338 e. The highest BCUT2D eigenvalue weighted by molar-refractivity contribution is 5.90. The number of carboxylic acids is 1. The Bertz CT molecular complexity index is 556. The number of benzene rings is 1. The summed E-state index contributed by atoms with van der Waals surface area (Å²) in [5.41, 5.74) is 4.89. The van der Waals surface area contributed by atoms with E-state index in [0.717, 1.165) is 6.07 Å². The zero-order valence-electron chi connectivity index (χ0n) is 10.6. The van der Waals surface area contributed by atoms with E-state index in [4.69, 9.17) is 10.8 Å². The van der Waals surface area contributed by atoms with Crippen molar-refractivity contribution < 1.29 is 19.2 Å². The highest BCUT2D eigenvalue weighted by Gasteiger charge is 2.27. The van der Waals surface area contributed by atoms with E-state index in [1.807, 2.05) is 0 Å². The first-order valence-electron chi connectivity index (χ1n) is 6.12. The van der Waals surface area contributed by atoms with Crippen LogP contribution in [-0.2, 0) is 0 Å². The number of hydrogen-bond acceptors (Lipinski definition) is 5. The molecule has 108 valence electrons. The molecule has 0 saturated carbocycles. The van der Waals surface area contributed by atoms with Crippen LogP contribution in [0.1, 0.15) is 23.2 Å². The van der Waals surface area contributed by atoms with Crippen molar-refractivity contribution in [2.24, 2.45) is 5.73 Å². The summed E-state index contributed by atoms with van der Waals surface area (Å²) in [6.45, 7) is 0.958. The normalized spacial score (nSPS) is 16.2. The first-order chi connectivity index (χ1) is 9.40. The van der Waals surface area contributed by atoms with E-state index in [2.05, 4.69) is 0 Å². The van der Waals surface area contributed by atoms with Gasteiger partial charge in [-0.15, -0.1) is 0 Å². The zero-order valence-corrected chi connectivity index (χ0v) is 10.6. The molecule has 3 N–H and O–H groups in total. The molecule has 1 aliphatic heterocycles. The van der Waals surface area contributed by atoms with Gasteiger partial charge in [-0.1, -0.05) is 0 Å². The van der Waals surface area contributed by atoms with Crippen LogP contribution in [-0.4, -0.2) is 35.1 Å². The summed E-state index contributed by atoms with van der Waals surface area (Å²) in [5.74, 6) is -2.56. The summed E-state index contributed by atoms with van der Waals surface area (Å²) in [5, 5.41) is 19.9. The van der Waals surface area contributed by atoms with Crippen molar-refractivity contribution in [1.29, 1.82) is 0 Å². The van der Waals surface area contributed by atoms with E-state index in [9.17, 15) is 19.3 Å². The number of nitrogens with zero attached hydrogens (tertiary/aromatic N) is 2. The molecule has 1 aliphatic rings. The standard InChI is InChI=1S/C12H14FN3O4/c13-9-6-11(16(19)20)10(5-8(9)12(17)18)15-3-1-7(14)2-4-15/h5-7H,1-4,14H2,(H,17,18). The summed E-state index contributed by atoms with van der Waals surface area (Å²) in [4.78, 5) is 22.9. The van der Waals surface area contributed by atoms with Gasteiger partial charge in [0.15, 0.2) is 0 Å². The van der Waals surface area contributed by atoms with E-state index in [1.165, 1.54) is 0 Å². The maximum absolute atomic E-state index is 13.5. The molecule has 0 unspecified atom stereocenters. The molecule has 0 spiro atoms. The average molecular weight is 283 g/mol. The topological polar surface area (TPSA) is 110 Å². The van der Waals surface area contributed by atoms with Gasteiger partial charge in [0.2, 0.25) is 0 Å². The third-order valence-electron chi connectivity index (χ3n) is 3.37. The van der Waals surface area contributed by atoms with Gasteiger partial charge in [-0.3, -0.25) is 10.1 Å².